The van der Waals surface area contributed by atoms with E-state index < -0.39 is 5.54 Å². The van der Waals surface area contributed by atoms with Gasteiger partial charge in [-0.15, -0.1) is 10.2 Å². The Kier molecular flexibility index (Phi) is 5.04. The van der Waals surface area contributed by atoms with Gasteiger partial charge in [-0.3, -0.25) is 4.79 Å². The van der Waals surface area contributed by atoms with E-state index in [1.807, 2.05) is 6.92 Å². The Morgan fingerprint density at radius 3 is 2.95 bits per heavy atom. The van der Waals surface area contributed by atoms with Crippen LogP contribution in [0.15, 0.2) is 5.16 Å². The van der Waals surface area contributed by atoms with Gasteiger partial charge >= 0.3 is 5.97 Å². The van der Waals surface area contributed by atoms with Crippen LogP contribution in [0.25, 0.3) is 0 Å². The number of ether oxygens (including phenoxy) is 1. The van der Waals surface area contributed by atoms with Crippen molar-refractivity contribution in [1.82, 2.24) is 20.1 Å². The molecule has 0 amide bonds. The van der Waals surface area contributed by atoms with Crippen LogP contribution in [0.5, 0.6) is 0 Å². The summed E-state index contributed by atoms with van der Waals surface area (Å²) in [5, 5.41) is 12.4. The smallest absolute Gasteiger partial charge is 0.326 e. The number of aromatic nitrogens is 3. The van der Waals surface area contributed by atoms with Gasteiger partial charge in [0.15, 0.2) is 5.16 Å². The molecule has 0 saturated heterocycles. The number of esters is 1. The Balaban J connectivity index is 2.07. The summed E-state index contributed by atoms with van der Waals surface area (Å²) in [7, 11) is 3.17. The van der Waals surface area contributed by atoms with Crippen molar-refractivity contribution in [3.8, 4) is 0 Å². The lowest BCUT2D eigenvalue weighted by Crippen LogP contribution is -2.50. The van der Waals surface area contributed by atoms with E-state index in [0.29, 0.717) is 5.75 Å². The number of nitrogens with zero attached hydrogens (tertiary/aromatic N) is 3. The molecule has 0 aromatic carbocycles. The first-order valence-electron chi connectivity index (χ1n) is 6.93. The molecule has 20 heavy (non-hydrogen) atoms. The molecule has 0 fully saturated rings. The Labute approximate surface area is 123 Å². The summed E-state index contributed by atoms with van der Waals surface area (Å²) in [6.07, 6.45) is 4.58. The molecule has 112 valence electrons. The summed E-state index contributed by atoms with van der Waals surface area (Å²) in [5.41, 5.74) is -0.712. The molecule has 0 spiro atoms. The van der Waals surface area contributed by atoms with Gasteiger partial charge in [0.05, 0.1) is 7.11 Å². The Bertz CT molecular complexity index is 477. The van der Waals surface area contributed by atoms with Crippen molar-refractivity contribution in [3.63, 3.8) is 0 Å². The molecular weight excluding hydrogens is 276 g/mol. The van der Waals surface area contributed by atoms with E-state index in [9.17, 15) is 4.79 Å². The van der Waals surface area contributed by atoms with Crippen molar-refractivity contribution < 1.29 is 9.53 Å². The fourth-order valence-electron chi connectivity index (χ4n) is 2.23. The fraction of sp³-hybridized carbons (Fsp3) is 0.769. The monoisotopic (exact) mass is 298 g/mol. The zero-order valence-corrected chi connectivity index (χ0v) is 13.1. The molecule has 1 aromatic rings. The van der Waals surface area contributed by atoms with E-state index in [2.05, 4.69) is 20.1 Å². The summed E-state index contributed by atoms with van der Waals surface area (Å²) in [6.45, 7) is 2.81. The minimum Gasteiger partial charge on any atom is -0.468 e. The molecular formula is C13H22N4O2S. The number of methoxy groups -OCH3 is 1. The van der Waals surface area contributed by atoms with Crippen molar-refractivity contribution in [1.29, 1.82) is 0 Å². The largest absolute Gasteiger partial charge is 0.468 e. The van der Waals surface area contributed by atoms with Gasteiger partial charge in [-0.1, -0.05) is 18.2 Å². The maximum atomic E-state index is 11.8. The Morgan fingerprint density at radius 2 is 2.25 bits per heavy atom. The number of carbonyl (C=O) groups excluding carboxylic acids is 1. The Hall–Kier alpha value is -1.08. The molecule has 1 aliphatic heterocycles. The van der Waals surface area contributed by atoms with E-state index in [0.717, 1.165) is 23.9 Å². The quantitative estimate of drug-likeness (QED) is 0.652. The van der Waals surface area contributed by atoms with Gasteiger partial charge in [0.25, 0.3) is 0 Å². The maximum Gasteiger partial charge on any atom is 0.326 e. The van der Waals surface area contributed by atoms with E-state index in [1.54, 1.807) is 18.8 Å². The molecule has 0 bridgehead atoms. The molecule has 1 unspecified atom stereocenters. The number of fused-ring (bicyclic) bond motifs is 1. The van der Waals surface area contributed by atoms with Crippen LogP contribution in [0, 0.1) is 0 Å². The normalized spacial score (nSPS) is 17.9. The molecule has 6 nitrogen and oxygen atoms in total. The minimum atomic E-state index is -0.712. The van der Waals surface area contributed by atoms with Crippen LogP contribution in [0.4, 0.5) is 0 Å². The molecule has 1 N–H and O–H groups in total. The van der Waals surface area contributed by atoms with Gasteiger partial charge < -0.3 is 14.6 Å². The number of nitrogens with one attached hydrogen (secondary N) is 1. The van der Waals surface area contributed by atoms with Crippen molar-refractivity contribution in [2.24, 2.45) is 0 Å². The standard InChI is InChI=1S/C13H22N4O2S/c1-13(14-2,11(18)19-3)9-20-12-16-15-10-7-5-4-6-8-17(10)12/h14H,4-9H2,1-3H3. The molecule has 2 rings (SSSR count). The maximum absolute atomic E-state index is 11.8. The average Bonchev–Trinajstić information content (AvgIpc) is 2.70. The molecule has 0 saturated carbocycles. The zero-order valence-electron chi connectivity index (χ0n) is 12.3. The van der Waals surface area contributed by atoms with Crippen LogP contribution in [0.2, 0.25) is 0 Å². The summed E-state index contributed by atoms with van der Waals surface area (Å²) >= 11 is 1.55. The topological polar surface area (TPSA) is 69.0 Å². The number of carbonyl (C=O) groups is 1. The molecule has 0 aliphatic carbocycles. The van der Waals surface area contributed by atoms with E-state index >= 15 is 0 Å². The van der Waals surface area contributed by atoms with Crippen molar-refractivity contribution in [2.75, 3.05) is 19.9 Å². The van der Waals surface area contributed by atoms with Crippen molar-refractivity contribution in [2.45, 2.75) is 49.8 Å². The predicted octanol–water partition coefficient (Wildman–Crippen LogP) is 1.25. The molecule has 1 atom stereocenters. The van der Waals surface area contributed by atoms with E-state index in [4.69, 9.17) is 4.74 Å². The van der Waals surface area contributed by atoms with Crippen LogP contribution in [0.1, 0.15) is 32.0 Å². The van der Waals surface area contributed by atoms with Crippen LogP contribution in [-0.4, -0.2) is 46.2 Å². The molecule has 1 aliphatic rings. The van der Waals surface area contributed by atoms with Crippen LogP contribution in [-0.2, 0) is 22.5 Å². The first kappa shape index (κ1) is 15.3. The number of thioether (sulfide) groups is 1. The minimum absolute atomic E-state index is 0.261. The van der Waals surface area contributed by atoms with Crippen LogP contribution in [0.3, 0.4) is 0 Å². The highest BCUT2D eigenvalue weighted by Crippen LogP contribution is 2.25. The summed E-state index contributed by atoms with van der Waals surface area (Å²) in [4.78, 5) is 11.8. The van der Waals surface area contributed by atoms with Crippen molar-refractivity contribution in [3.05, 3.63) is 5.82 Å². The van der Waals surface area contributed by atoms with E-state index in [-0.39, 0.29) is 5.97 Å². The summed E-state index contributed by atoms with van der Waals surface area (Å²) in [5.74, 6) is 1.37. The Morgan fingerprint density at radius 1 is 1.45 bits per heavy atom. The number of hydrogen-bond acceptors (Lipinski definition) is 6. The van der Waals surface area contributed by atoms with Gasteiger partial charge in [-0.05, 0) is 26.8 Å². The average molecular weight is 298 g/mol. The number of hydrogen-bond donors (Lipinski definition) is 1. The predicted molar refractivity (Wildman–Crippen MR) is 77.8 cm³/mol. The summed E-state index contributed by atoms with van der Waals surface area (Å²) < 4.78 is 7.04. The molecule has 2 heterocycles. The lowest BCUT2D eigenvalue weighted by atomic mass is 10.1. The lowest BCUT2D eigenvalue weighted by molar-refractivity contribution is -0.146. The highest BCUT2D eigenvalue weighted by Gasteiger charge is 2.33. The third kappa shape index (κ3) is 3.15. The molecule has 0 radical (unpaired) electrons. The number of rotatable bonds is 5. The highest BCUT2D eigenvalue weighted by atomic mass is 32.2. The van der Waals surface area contributed by atoms with Gasteiger partial charge in [-0.2, -0.15) is 0 Å². The second-order valence-corrected chi connectivity index (χ2v) is 6.17. The first-order valence-corrected chi connectivity index (χ1v) is 7.91. The van der Waals surface area contributed by atoms with Gasteiger partial charge in [-0.25, -0.2) is 0 Å². The van der Waals surface area contributed by atoms with Crippen LogP contribution >= 0.6 is 11.8 Å². The highest BCUT2D eigenvalue weighted by molar-refractivity contribution is 7.99. The fourth-order valence-corrected chi connectivity index (χ4v) is 3.36. The van der Waals surface area contributed by atoms with Gasteiger partial charge in [0.2, 0.25) is 0 Å². The summed E-state index contributed by atoms with van der Waals surface area (Å²) in [6, 6.07) is 0. The SMILES string of the molecule is CNC(C)(CSc1nnc2n1CCCCC2)C(=O)OC. The number of aryl methyl sites for hydroxylation is 1. The van der Waals surface area contributed by atoms with Crippen molar-refractivity contribution >= 4 is 17.7 Å². The lowest BCUT2D eigenvalue weighted by Gasteiger charge is -2.25. The third-order valence-electron chi connectivity index (χ3n) is 3.75. The van der Waals surface area contributed by atoms with Gasteiger partial charge in [0, 0.05) is 18.7 Å². The van der Waals surface area contributed by atoms with E-state index in [1.165, 1.54) is 26.4 Å². The molecule has 7 heteroatoms. The third-order valence-corrected chi connectivity index (χ3v) is 5.04. The molecule has 1 aromatic heterocycles. The second-order valence-electron chi connectivity index (χ2n) is 5.22. The van der Waals surface area contributed by atoms with Crippen LogP contribution < -0.4 is 5.32 Å². The number of likely N-dealkylation sites (N-methyl/N-ethyl adjacent to an activating group) is 1. The first-order chi connectivity index (χ1) is 9.60. The van der Waals surface area contributed by atoms with Gasteiger partial charge in [0.1, 0.15) is 11.4 Å². The second kappa shape index (κ2) is 6.58. The zero-order chi connectivity index (χ0) is 14.6.